The molecular formula is C15H20F3N. The first-order valence-corrected chi connectivity index (χ1v) is 6.79. The van der Waals surface area contributed by atoms with Gasteiger partial charge < -0.3 is 5.73 Å². The van der Waals surface area contributed by atoms with Crippen molar-refractivity contribution in [3.63, 3.8) is 0 Å². The molecule has 1 aromatic rings. The van der Waals surface area contributed by atoms with E-state index in [1.54, 1.807) is 12.1 Å². The lowest BCUT2D eigenvalue weighted by atomic mass is 9.65. The Morgan fingerprint density at radius 2 is 1.58 bits per heavy atom. The van der Waals surface area contributed by atoms with Gasteiger partial charge in [0.1, 0.15) is 0 Å². The van der Waals surface area contributed by atoms with E-state index in [4.69, 9.17) is 5.73 Å². The van der Waals surface area contributed by atoms with Crippen LogP contribution in [0.5, 0.6) is 0 Å². The predicted molar refractivity (Wildman–Crippen MR) is 69.9 cm³/mol. The number of benzene rings is 1. The molecule has 0 bridgehead atoms. The van der Waals surface area contributed by atoms with Crippen molar-refractivity contribution in [2.45, 2.75) is 56.7 Å². The second kappa shape index (κ2) is 5.16. The Bertz CT molecular complexity index is 414. The summed E-state index contributed by atoms with van der Waals surface area (Å²) in [5.74, 6) is 0. The third kappa shape index (κ3) is 2.78. The van der Waals surface area contributed by atoms with Gasteiger partial charge in [-0.15, -0.1) is 0 Å². The van der Waals surface area contributed by atoms with Crippen LogP contribution in [0.15, 0.2) is 24.3 Å². The Hall–Kier alpha value is -1.03. The number of halogens is 3. The summed E-state index contributed by atoms with van der Waals surface area (Å²) in [4.78, 5) is 0. The summed E-state index contributed by atoms with van der Waals surface area (Å²) in [7, 11) is 0. The Labute approximate surface area is 112 Å². The Morgan fingerprint density at radius 1 is 1.05 bits per heavy atom. The van der Waals surface area contributed by atoms with Gasteiger partial charge in [0.25, 0.3) is 0 Å². The SMILES string of the molecule is CC(N)C1(c2ccc(C(F)(F)F)cc2)CCCCC1. The number of rotatable bonds is 2. The molecule has 1 aromatic carbocycles. The van der Waals surface area contributed by atoms with Crippen LogP contribution in [0.3, 0.4) is 0 Å². The number of nitrogens with two attached hydrogens (primary N) is 1. The highest BCUT2D eigenvalue weighted by Crippen LogP contribution is 2.42. The quantitative estimate of drug-likeness (QED) is 0.854. The molecule has 1 aliphatic rings. The summed E-state index contributed by atoms with van der Waals surface area (Å²) >= 11 is 0. The number of hydrogen-bond donors (Lipinski definition) is 1. The summed E-state index contributed by atoms with van der Waals surface area (Å²) < 4.78 is 37.8. The predicted octanol–water partition coefficient (Wildman–Crippen LogP) is 4.25. The lowest BCUT2D eigenvalue weighted by molar-refractivity contribution is -0.137. The highest BCUT2D eigenvalue weighted by molar-refractivity contribution is 5.32. The molecule has 1 fully saturated rings. The van der Waals surface area contributed by atoms with E-state index in [1.165, 1.54) is 18.6 Å². The monoisotopic (exact) mass is 271 g/mol. The maximum atomic E-state index is 12.6. The lowest BCUT2D eigenvalue weighted by Crippen LogP contribution is -2.44. The zero-order chi connectivity index (χ0) is 14.1. The second-order valence-electron chi connectivity index (χ2n) is 5.58. The minimum absolute atomic E-state index is 0.0375. The van der Waals surface area contributed by atoms with Crippen molar-refractivity contribution in [3.05, 3.63) is 35.4 Å². The van der Waals surface area contributed by atoms with Crippen LogP contribution >= 0.6 is 0 Å². The highest BCUT2D eigenvalue weighted by Gasteiger charge is 2.38. The maximum absolute atomic E-state index is 12.6. The lowest BCUT2D eigenvalue weighted by Gasteiger charge is -2.41. The van der Waals surface area contributed by atoms with Gasteiger partial charge in [-0.2, -0.15) is 13.2 Å². The van der Waals surface area contributed by atoms with Crippen molar-refractivity contribution in [2.75, 3.05) is 0 Å². The minimum atomic E-state index is -4.27. The standard InChI is InChI=1S/C15H20F3N/c1-11(19)14(9-3-2-4-10-14)12-5-7-13(8-6-12)15(16,17)18/h5-8,11H,2-4,9-10,19H2,1H3. The van der Waals surface area contributed by atoms with E-state index in [0.29, 0.717) is 0 Å². The third-order valence-corrected chi connectivity index (χ3v) is 4.40. The van der Waals surface area contributed by atoms with Gasteiger partial charge in [-0.1, -0.05) is 31.4 Å². The van der Waals surface area contributed by atoms with Crippen molar-refractivity contribution in [2.24, 2.45) is 5.73 Å². The molecule has 4 heteroatoms. The first-order chi connectivity index (χ1) is 8.86. The first-order valence-electron chi connectivity index (χ1n) is 6.79. The average molecular weight is 271 g/mol. The number of alkyl halides is 3. The molecule has 1 saturated carbocycles. The fourth-order valence-corrected chi connectivity index (χ4v) is 3.18. The van der Waals surface area contributed by atoms with E-state index in [0.717, 1.165) is 31.2 Å². The topological polar surface area (TPSA) is 26.0 Å². The molecule has 1 nitrogen and oxygen atoms in total. The summed E-state index contributed by atoms with van der Waals surface area (Å²) in [5.41, 5.74) is 6.35. The van der Waals surface area contributed by atoms with Gasteiger partial charge in [-0.25, -0.2) is 0 Å². The molecule has 1 atom stereocenters. The van der Waals surface area contributed by atoms with Crippen LogP contribution in [0.25, 0.3) is 0 Å². The molecule has 106 valence electrons. The first kappa shape index (κ1) is 14.4. The molecule has 2 rings (SSSR count). The van der Waals surface area contributed by atoms with Crippen molar-refractivity contribution in [3.8, 4) is 0 Å². The van der Waals surface area contributed by atoms with Crippen LogP contribution < -0.4 is 5.73 Å². The van der Waals surface area contributed by atoms with Gasteiger partial charge in [0, 0.05) is 11.5 Å². The summed E-state index contributed by atoms with van der Waals surface area (Å²) in [6.45, 7) is 1.96. The van der Waals surface area contributed by atoms with Gasteiger partial charge in [0.15, 0.2) is 0 Å². The molecule has 19 heavy (non-hydrogen) atoms. The maximum Gasteiger partial charge on any atom is 0.416 e. The van der Waals surface area contributed by atoms with E-state index >= 15 is 0 Å². The Balaban J connectivity index is 2.33. The van der Waals surface area contributed by atoms with E-state index in [9.17, 15) is 13.2 Å². The average Bonchev–Trinajstić information content (AvgIpc) is 2.38. The summed E-state index contributed by atoms with van der Waals surface area (Å²) in [6, 6.07) is 5.53. The fourth-order valence-electron chi connectivity index (χ4n) is 3.18. The molecule has 0 radical (unpaired) electrons. The van der Waals surface area contributed by atoms with E-state index in [-0.39, 0.29) is 11.5 Å². The summed E-state index contributed by atoms with van der Waals surface area (Å²) in [5, 5.41) is 0. The Kier molecular flexibility index (Phi) is 3.90. The molecule has 0 aromatic heterocycles. The molecule has 0 amide bonds. The smallest absolute Gasteiger partial charge is 0.327 e. The van der Waals surface area contributed by atoms with Crippen LogP contribution in [0, 0.1) is 0 Å². The van der Waals surface area contributed by atoms with Crippen LogP contribution in [-0.4, -0.2) is 6.04 Å². The van der Waals surface area contributed by atoms with Gasteiger partial charge in [-0.05, 0) is 37.5 Å². The normalized spacial score (nSPS) is 21.1. The van der Waals surface area contributed by atoms with Gasteiger partial charge in [-0.3, -0.25) is 0 Å². The molecule has 0 spiro atoms. The van der Waals surface area contributed by atoms with Crippen LogP contribution in [0.4, 0.5) is 13.2 Å². The highest BCUT2D eigenvalue weighted by atomic mass is 19.4. The largest absolute Gasteiger partial charge is 0.416 e. The van der Waals surface area contributed by atoms with Gasteiger partial charge in [0.05, 0.1) is 5.56 Å². The molecular weight excluding hydrogens is 251 g/mol. The van der Waals surface area contributed by atoms with Crippen LogP contribution in [0.2, 0.25) is 0 Å². The number of hydrogen-bond acceptors (Lipinski definition) is 1. The molecule has 0 saturated heterocycles. The molecule has 0 aliphatic heterocycles. The third-order valence-electron chi connectivity index (χ3n) is 4.40. The van der Waals surface area contributed by atoms with Crippen molar-refractivity contribution >= 4 is 0 Å². The minimum Gasteiger partial charge on any atom is -0.327 e. The van der Waals surface area contributed by atoms with E-state index < -0.39 is 11.7 Å². The summed E-state index contributed by atoms with van der Waals surface area (Å²) in [6.07, 6.45) is 1.05. The molecule has 1 aliphatic carbocycles. The van der Waals surface area contributed by atoms with Crippen molar-refractivity contribution in [1.82, 2.24) is 0 Å². The van der Waals surface area contributed by atoms with Gasteiger partial charge >= 0.3 is 6.18 Å². The fraction of sp³-hybridized carbons (Fsp3) is 0.600. The molecule has 0 heterocycles. The Morgan fingerprint density at radius 3 is 2.00 bits per heavy atom. The molecule has 2 N–H and O–H groups in total. The second-order valence-corrected chi connectivity index (χ2v) is 5.58. The van der Waals surface area contributed by atoms with Crippen molar-refractivity contribution < 1.29 is 13.2 Å². The van der Waals surface area contributed by atoms with Crippen molar-refractivity contribution in [1.29, 1.82) is 0 Å². The van der Waals surface area contributed by atoms with Crippen LogP contribution in [0.1, 0.15) is 50.2 Å². The van der Waals surface area contributed by atoms with Crippen LogP contribution in [-0.2, 0) is 11.6 Å². The van der Waals surface area contributed by atoms with E-state index in [2.05, 4.69) is 0 Å². The molecule has 1 unspecified atom stereocenters. The van der Waals surface area contributed by atoms with E-state index in [1.807, 2.05) is 6.92 Å². The van der Waals surface area contributed by atoms with Gasteiger partial charge in [0.2, 0.25) is 0 Å². The zero-order valence-electron chi connectivity index (χ0n) is 11.1. The zero-order valence-corrected chi connectivity index (χ0v) is 11.1.